The highest BCUT2D eigenvalue weighted by atomic mass is 32.1. The lowest BCUT2D eigenvalue weighted by molar-refractivity contribution is -0.146. The first kappa shape index (κ1) is 11.6. The second-order valence-corrected chi connectivity index (χ2v) is 5.31. The molecule has 1 heterocycles. The summed E-state index contributed by atoms with van der Waals surface area (Å²) in [4.78, 5) is 12.8. The van der Waals surface area contributed by atoms with Gasteiger partial charge in [-0.1, -0.05) is 6.07 Å². The number of nitrogens with one attached hydrogen (secondary N) is 1. The fourth-order valence-electron chi connectivity index (χ4n) is 1.81. The summed E-state index contributed by atoms with van der Waals surface area (Å²) in [6.45, 7) is 1.68. The van der Waals surface area contributed by atoms with Crippen LogP contribution in [0.5, 0.6) is 0 Å². The number of rotatable bonds is 6. The van der Waals surface area contributed by atoms with Gasteiger partial charge in [0.05, 0.1) is 12.5 Å². The van der Waals surface area contributed by atoms with Crippen LogP contribution >= 0.6 is 11.3 Å². The van der Waals surface area contributed by atoms with Crippen molar-refractivity contribution in [3.05, 3.63) is 22.4 Å². The Hall–Kier alpha value is -0.870. The molecule has 88 valence electrons. The van der Waals surface area contributed by atoms with Gasteiger partial charge in [-0.25, -0.2) is 0 Å². The molecule has 0 bridgehead atoms. The molecule has 4 heteroatoms. The SMILES string of the molecule is COC(=O)C1(CNCCc2cccs2)CC1. The van der Waals surface area contributed by atoms with E-state index in [1.165, 1.54) is 12.0 Å². The maximum atomic E-state index is 11.5. The third kappa shape index (κ3) is 2.62. The average Bonchev–Trinajstić information content (AvgIpc) is 2.92. The number of ether oxygens (including phenoxy) is 1. The number of thiophene rings is 1. The van der Waals surface area contributed by atoms with Crippen molar-refractivity contribution in [2.75, 3.05) is 20.2 Å². The van der Waals surface area contributed by atoms with Gasteiger partial charge in [-0.2, -0.15) is 0 Å². The smallest absolute Gasteiger partial charge is 0.313 e. The van der Waals surface area contributed by atoms with Crippen molar-refractivity contribution < 1.29 is 9.53 Å². The van der Waals surface area contributed by atoms with E-state index in [1.54, 1.807) is 11.3 Å². The maximum Gasteiger partial charge on any atom is 0.313 e. The third-order valence-corrected chi connectivity index (χ3v) is 4.00. The zero-order valence-electron chi connectivity index (χ0n) is 9.49. The van der Waals surface area contributed by atoms with Gasteiger partial charge < -0.3 is 10.1 Å². The lowest BCUT2D eigenvalue weighted by Gasteiger charge is -2.12. The van der Waals surface area contributed by atoms with E-state index in [0.717, 1.165) is 32.4 Å². The van der Waals surface area contributed by atoms with E-state index in [1.807, 2.05) is 0 Å². The Morgan fingerprint density at radius 3 is 3.00 bits per heavy atom. The summed E-state index contributed by atoms with van der Waals surface area (Å²) in [5.41, 5.74) is -0.204. The molecule has 0 atom stereocenters. The number of hydrogen-bond acceptors (Lipinski definition) is 4. The predicted octanol–water partition coefficient (Wildman–Crippen LogP) is 1.83. The Labute approximate surface area is 99.8 Å². The van der Waals surface area contributed by atoms with Crippen molar-refractivity contribution in [3.63, 3.8) is 0 Å². The normalized spacial score (nSPS) is 17.1. The quantitative estimate of drug-likeness (QED) is 0.608. The molecule has 1 aliphatic carbocycles. The van der Waals surface area contributed by atoms with E-state index in [-0.39, 0.29) is 11.4 Å². The predicted molar refractivity (Wildman–Crippen MR) is 64.6 cm³/mol. The molecule has 0 aromatic carbocycles. The molecule has 0 amide bonds. The van der Waals surface area contributed by atoms with E-state index < -0.39 is 0 Å². The van der Waals surface area contributed by atoms with Gasteiger partial charge in [0.15, 0.2) is 0 Å². The Morgan fingerprint density at radius 1 is 1.62 bits per heavy atom. The van der Waals surface area contributed by atoms with Gasteiger partial charge in [0.1, 0.15) is 0 Å². The van der Waals surface area contributed by atoms with Crippen LogP contribution in [0.2, 0.25) is 0 Å². The number of carbonyl (C=O) groups is 1. The van der Waals surface area contributed by atoms with Crippen LogP contribution < -0.4 is 5.32 Å². The van der Waals surface area contributed by atoms with Crippen molar-refractivity contribution >= 4 is 17.3 Å². The van der Waals surface area contributed by atoms with Crippen molar-refractivity contribution in [3.8, 4) is 0 Å². The molecule has 0 saturated heterocycles. The molecule has 1 aliphatic rings. The molecule has 0 unspecified atom stereocenters. The molecule has 1 aromatic heterocycles. The molecule has 2 rings (SSSR count). The molecule has 0 spiro atoms. The lowest BCUT2D eigenvalue weighted by Crippen LogP contribution is -2.32. The van der Waals surface area contributed by atoms with Gasteiger partial charge in [-0.05, 0) is 37.3 Å². The second-order valence-electron chi connectivity index (χ2n) is 4.28. The topological polar surface area (TPSA) is 38.3 Å². The van der Waals surface area contributed by atoms with Gasteiger partial charge in [-0.15, -0.1) is 11.3 Å². The van der Waals surface area contributed by atoms with Crippen molar-refractivity contribution in [2.24, 2.45) is 5.41 Å². The number of carbonyl (C=O) groups excluding carboxylic acids is 1. The molecule has 1 N–H and O–H groups in total. The van der Waals surface area contributed by atoms with Gasteiger partial charge >= 0.3 is 5.97 Å². The van der Waals surface area contributed by atoms with Crippen LogP contribution in [-0.4, -0.2) is 26.2 Å². The average molecular weight is 239 g/mol. The fraction of sp³-hybridized carbons (Fsp3) is 0.583. The van der Waals surface area contributed by atoms with Gasteiger partial charge in [0.2, 0.25) is 0 Å². The molecule has 16 heavy (non-hydrogen) atoms. The molecule has 0 radical (unpaired) electrons. The molecular formula is C12H17NO2S. The van der Waals surface area contributed by atoms with Gasteiger partial charge in [0.25, 0.3) is 0 Å². The minimum atomic E-state index is -0.204. The van der Waals surface area contributed by atoms with Crippen molar-refractivity contribution in [2.45, 2.75) is 19.3 Å². The van der Waals surface area contributed by atoms with Gasteiger partial charge in [-0.3, -0.25) is 4.79 Å². The Balaban J connectivity index is 1.67. The summed E-state index contributed by atoms with van der Waals surface area (Å²) in [6.07, 6.45) is 2.96. The number of esters is 1. The molecular weight excluding hydrogens is 222 g/mol. The Morgan fingerprint density at radius 2 is 2.44 bits per heavy atom. The number of hydrogen-bond donors (Lipinski definition) is 1. The second kappa shape index (κ2) is 4.97. The zero-order chi connectivity index (χ0) is 11.4. The molecule has 1 saturated carbocycles. The van der Waals surface area contributed by atoms with E-state index in [9.17, 15) is 4.79 Å². The first-order chi connectivity index (χ1) is 7.77. The highest BCUT2D eigenvalue weighted by molar-refractivity contribution is 7.09. The van der Waals surface area contributed by atoms with Crippen LogP contribution in [0.15, 0.2) is 17.5 Å². The van der Waals surface area contributed by atoms with Crippen LogP contribution in [0.3, 0.4) is 0 Å². The highest BCUT2D eigenvalue weighted by Crippen LogP contribution is 2.45. The largest absolute Gasteiger partial charge is 0.469 e. The summed E-state index contributed by atoms with van der Waals surface area (Å²) in [5, 5.41) is 5.44. The summed E-state index contributed by atoms with van der Waals surface area (Å²) in [7, 11) is 1.47. The number of methoxy groups -OCH3 is 1. The molecule has 1 fully saturated rings. The van der Waals surface area contributed by atoms with Crippen molar-refractivity contribution in [1.29, 1.82) is 0 Å². The van der Waals surface area contributed by atoms with Crippen LogP contribution in [0.25, 0.3) is 0 Å². The third-order valence-electron chi connectivity index (χ3n) is 3.06. The van der Waals surface area contributed by atoms with Crippen LogP contribution in [-0.2, 0) is 16.0 Å². The Kier molecular flexibility index (Phi) is 3.61. The first-order valence-corrected chi connectivity index (χ1v) is 6.46. The monoisotopic (exact) mass is 239 g/mol. The van der Waals surface area contributed by atoms with Crippen LogP contribution in [0, 0.1) is 5.41 Å². The fourth-order valence-corrected chi connectivity index (χ4v) is 2.52. The van der Waals surface area contributed by atoms with Crippen LogP contribution in [0.4, 0.5) is 0 Å². The Bertz CT molecular complexity index is 344. The summed E-state index contributed by atoms with van der Waals surface area (Å²) in [5.74, 6) is -0.0591. The van der Waals surface area contributed by atoms with Gasteiger partial charge in [0, 0.05) is 11.4 Å². The molecule has 3 nitrogen and oxygen atoms in total. The molecule has 1 aromatic rings. The standard InChI is InChI=1S/C12H17NO2S/c1-15-11(14)12(5-6-12)9-13-7-4-10-3-2-8-16-10/h2-3,8,13H,4-7,9H2,1H3. The van der Waals surface area contributed by atoms with E-state index in [0.29, 0.717) is 0 Å². The molecule has 0 aliphatic heterocycles. The van der Waals surface area contributed by atoms with Crippen LogP contribution in [0.1, 0.15) is 17.7 Å². The first-order valence-electron chi connectivity index (χ1n) is 5.58. The zero-order valence-corrected chi connectivity index (χ0v) is 10.3. The lowest BCUT2D eigenvalue weighted by atomic mass is 10.1. The van der Waals surface area contributed by atoms with E-state index >= 15 is 0 Å². The summed E-state index contributed by atoms with van der Waals surface area (Å²) >= 11 is 1.78. The van der Waals surface area contributed by atoms with E-state index in [4.69, 9.17) is 4.74 Å². The minimum absolute atomic E-state index is 0.0591. The highest BCUT2D eigenvalue weighted by Gasteiger charge is 2.50. The van der Waals surface area contributed by atoms with Crippen molar-refractivity contribution in [1.82, 2.24) is 5.32 Å². The maximum absolute atomic E-state index is 11.5. The summed E-state index contributed by atoms with van der Waals surface area (Å²) < 4.78 is 4.80. The summed E-state index contributed by atoms with van der Waals surface area (Å²) in [6, 6.07) is 4.20. The van der Waals surface area contributed by atoms with E-state index in [2.05, 4.69) is 22.8 Å². The minimum Gasteiger partial charge on any atom is -0.469 e.